The maximum absolute atomic E-state index is 11.0. The number of carbonyl (C=O) groups excluding carboxylic acids is 1. The van der Waals surface area contributed by atoms with Crippen molar-refractivity contribution in [2.24, 2.45) is 11.3 Å². The summed E-state index contributed by atoms with van der Waals surface area (Å²) in [7, 11) is 0. The van der Waals surface area contributed by atoms with E-state index in [0.717, 1.165) is 18.6 Å². The van der Waals surface area contributed by atoms with Crippen LogP contribution in [0.15, 0.2) is 11.6 Å². The maximum atomic E-state index is 11.0. The lowest BCUT2D eigenvalue weighted by Crippen LogP contribution is -2.19. The molecule has 1 nitrogen and oxygen atoms in total. The molecule has 1 aliphatic carbocycles. The van der Waals surface area contributed by atoms with Crippen LogP contribution in [0.4, 0.5) is 0 Å². The number of hydrogen-bond acceptors (Lipinski definition) is 1. The lowest BCUT2D eigenvalue weighted by molar-refractivity contribution is -0.113. The van der Waals surface area contributed by atoms with Crippen LogP contribution in [0, 0.1) is 11.3 Å². The van der Waals surface area contributed by atoms with E-state index in [9.17, 15) is 4.79 Å². The molecule has 0 bridgehead atoms. The van der Waals surface area contributed by atoms with Gasteiger partial charge in [0.1, 0.15) is 6.29 Å². The Balaban J connectivity index is 2.44. The van der Waals surface area contributed by atoms with Crippen LogP contribution in [0.2, 0.25) is 0 Å². The van der Waals surface area contributed by atoms with Gasteiger partial charge in [-0.2, -0.15) is 0 Å². The fourth-order valence-corrected chi connectivity index (χ4v) is 2.33. The van der Waals surface area contributed by atoms with E-state index in [0.29, 0.717) is 0 Å². The average Bonchev–Trinajstić information content (AvgIpc) is 2.17. The lowest BCUT2D eigenvalue weighted by Gasteiger charge is -2.26. The van der Waals surface area contributed by atoms with Gasteiger partial charge in [-0.05, 0) is 44.9 Å². The van der Waals surface area contributed by atoms with Crippen molar-refractivity contribution < 1.29 is 4.79 Å². The van der Waals surface area contributed by atoms with Crippen molar-refractivity contribution >= 4 is 6.29 Å². The van der Waals surface area contributed by atoms with Gasteiger partial charge in [0.25, 0.3) is 0 Å². The van der Waals surface area contributed by atoms with Crippen molar-refractivity contribution in [3.05, 3.63) is 11.6 Å². The normalized spacial score (nSPS) is 26.5. The number of aldehydes is 1. The zero-order valence-corrected chi connectivity index (χ0v) is 10.4. The topological polar surface area (TPSA) is 17.1 Å². The highest BCUT2D eigenvalue weighted by molar-refractivity contribution is 5.62. The number of carbonyl (C=O) groups is 1. The molecule has 0 aromatic carbocycles. The third-order valence-electron chi connectivity index (χ3n) is 3.30. The first-order valence-electron chi connectivity index (χ1n) is 6.23. The van der Waals surface area contributed by atoms with Gasteiger partial charge >= 0.3 is 0 Å². The standard InChI is InChI=1S/C14H24O/c1-12(2)6-4-7-13-8-5-9-14(3,10-13)11-15/h10-12H,4-9H2,1-3H3. The van der Waals surface area contributed by atoms with Gasteiger partial charge in [-0.15, -0.1) is 0 Å². The molecule has 0 aromatic heterocycles. The monoisotopic (exact) mass is 208 g/mol. The first-order chi connectivity index (χ1) is 7.06. The van der Waals surface area contributed by atoms with Crippen molar-refractivity contribution in [2.75, 3.05) is 0 Å². The van der Waals surface area contributed by atoms with E-state index >= 15 is 0 Å². The molecule has 86 valence electrons. The molecule has 1 heteroatoms. The molecule has 0 amide bonds. The zero-order valence-electron chi connectivity index (χ0n) is 10.4. The summed E-state index contributed by atoms with van der Waals surface area (Å²) in [6.45, 7) is 6.59. The van der Waals surface area contributed by atoms with Gasteiger partial charge < -0.3 is 4.79 Å². The van der Waals surface area contributed by atoms with Gasteiger partial charge in [-0.3, -0.25) is 0 Å². The molecule has 0 N–H and O–H groups in total. The lowest BCUT2D eigenvalue weighted by atomic mass is 9.78. The highest BCUT2D eigenvalue weighted by atomic mass is 16.1. The summed E-state index contributed by atoms with van der Waals surface area (Å²) in [4.78, 5) is 11.0. The Kier molecular flexibility index (Phi) is 4.56. The molecule has 1 unspecified atom stereocenters. The van der Waals surface area contributed by atoms with Crippen LogP contribution >= 0.6 is 0 Å². The van der Waals surface area contributed by atoms with Crippen LogP contribution in [0.3, 0.4) is 0 Å². The van der Waals surface area contributed by atoms with E-state index < -0.39 is 0 Å². The Morgan fingerprint density at radius 1 is 1.53 bits per heavy atom. The molecule has 0 fully saturated rings. The number of allylic oxidation sites excluding steroid dienone is 2. The van der Waals surface area contributed by atoms with Crippen molar-refractivity contribution in [2.45, 2.75) is 59.3 Å². The predicted octanol–water partition coefficient (Wildman–Crippen LogP) is 4.13. The summed E-state index contributed by atoms with van der Waals surface area (Å²) in [6, 6.07) is 0. The Labute approximate surface area is 93.9 Å². The summed E-state index contributed by atoms with van der Waals surface area (Å²) in [6.07, 6.45) is 10.5. The second-order valence-corrected chi connectivity index (χ2v) is 5.57. The molecule has 15 heavy (non-hydrogen) atoms. The third kappa shape index (κ3) is 4.19. The van der Waals surface area contributed by atoms with Crippen LogP contribution < -0.4 is 0 Å². The molecular weight excluding hydrogens is 184 g/mol. The summed E-state index contributed by atoms with van der Waals surface area (Å²) in [5.74, 6) is 0.798. The van der Waals surface area contributed by atoms with Gasteiger partial charge in [0.2, 0.25) is 0 Å². The minimum Gasteiger partial charge on any atom is -0.302 e. The Morgan fingerprint density at radius 3 is 2.87 bits per heavy atom. The molecule has 1 rings (SSSR count). The Hall–Kier alpha value is -0.590. The molecule has 0 saturated carbocycles. The van der Waals surface area contributed by atoms with Crippen LogP contribution in [-0.4, -0.2) is 6.29 Å². The highest BCUT2D eigenvalue weighted by Gasteiger charge is 2.24. The summed E-state index contributed by atoms with van der Waals surface area (Å²) in [5.41, 5.74) is 1.35. The highest BCUT2D eigenvalue weighted by Crippen LogP contribution is 2.33. The quantitative estimate of drug-likeness (QED) is 0.490. The maximum Gasteiger partial charge on any atom is 0.129 e. The predicted molar refractivity (Wildman–Crippen MR) is 64.8 cm³/mol. The SMILES string of the molecule is CC(C)CCCC1=CC(C)(C=O)CCC1. The van der Waals surface area contributed by atoms with Gasteiger partial charge in [-0.25, -0.2) is 0 Å². The number of rotatable bonds is 5. The summed E-state index contributed by atoms with van der Waals surface area (Å²) < 4.78 is 0. The van der Waals surface area contributed by atoms with Crippen LogP contribution in [0.1, 0.15) is 59.3 Å². The first kappa shape index (κ1) is 12.5. The molecule has 0 spiro atoms. The molecule has 0 aliphatic heterocycles. The number of hydrogen-bond donors (Lipinski definition) is 0. The molecule has 0 aromatic rings. The van der Waals surface area contributed by atoms with Crippen LogP contribution in [0.25, 0.3) is 0 Å². The first-order valence-corrected chi connectivity index (χ1v) is 6.23. The van der Waals surface area contributed by atoms with Gasteiger partial charge in [-0.1, -0.05) is 31.9 Å². The van der Waals surface area contributed by atoms with E-state index in [-0.39, 0.29) is 5.41 Å². The van der Waals surface area contributed by atoms with Gasteiger partial charge in [0.05, 0.1) is 0 Å². The second-order valence-electron chi connectivity index (χ2n) is 5.57. The zero-order chi connectivity index (χ0) is 11.3. The summed E-state index contributed by atoms with van der Waals surface area (Å²) >= 11 is 0. The van der Waals surface area contributed by atoms with Crippen molar-refractivity contribution in [3.8, 4) is 0 Å². The molecule has 0 saturated heterocycles. The molecule has 1 atom stereocenters. The smallest absolute Gasteiger partial charge is 0.129 e. The Bertz CT molecular complexity index is 240. The third-order valence-corrected chi connectivity index (χ3v) is 3.30. The fourth-order valence-electron chi connectivity index (χ4n) is 2.33. The van der Waals surface area contributed by atoms with Crippen molar-refractivity contribution in [1.29, 1.82) is 0 Å². The van der Waals surface area contributed by atoms with Crippen LogP contribution in [-0.2, 0) is 4.79 Å². The average molecular weight is 208 g/mol. The fraction of sp³-hybridized carbons (Fsp3) is 0.786. The summed E-state index contributed by atoms with van der Waals surface area (Å²) in [5, 5.41) is 0. The Morgan fingerprint density at radius 2 is 2.27 bits per heavy atom. The minimum atomic E-state index is -0.161. The van der Waals surface area contributed by atoms with E-state index in [2.05, 4.69) is 26.8 Å². The largest absolute Gasteiger partial charge is 0.302 e. The second kappa shape index (κ2) is 5.48. The molecule has 0 heterocycles. The minimum absolute atomic E-state index is 0.161. The van der Waals surface area contributed by atoms with Crippen molar-refractivity contribution in [1.82, 2.24) is 0 Å². The van der Waals surface area contributed by atoms with Crippen molar-refractivity contribution in [3.63, 3.8) is 0 Å². The van der Waals surface area contributed by atoms with Crippen LogP contribution in [0.5, 0.6) is 0 Å². The molecular formula is C14H24O. The van der Waals surface area contributed by atoms with E-state index in [1.165, 1.54) is 37.7 Å². The van der Waals surface area contributed by atoms with Gasteiger partial charge in [0.15, 0.2) is 0 Å². The van der Waals surface area contributed by atoms with E-state index in [4.69, 9.17) is 0 Å². The molecule has 1 aliphatic rings. The molecule has 0 radical (unpaired) electrons. The van der Waals surface area contributed by atoms with E-state index in [1.54, 1.807) is 0 Å². The van der Waals surface area contributed by atoms with Gasteiger partial charge in [0, 0.05) is 5.41 Å². The van der Waals surface area contributed by atoms with E-state index in [1.807, 2.05) is 0 Å².